The molecule has 4 heteroatoms. The molecule has 1 atom stereocenters. The highest BCUT2D eigenvalue weighted by molar-refractivity contribution is 6.31. The van der Waals surface area contributed by atoms with Gasteiger partial charge >= 0.3 is 5.97 Å². The van der Waals surface area contributed by atoms with Gasteiger partial charge in [0.15, 0.2) is 0 Å². The van der Waals surface area contributed by atoms with Crippen molar-refractivity contribution in [1.82, 2.24) is 4.90 Å². The average Bonchev–Trinajstić information content (AvgIpc) is 2.27. The molecule has 1 unspecified atom stereocenters. The molecule has 0 spiro atoms. The van der Waals surface area contributed by atoms with Gasteiger partial charge in [0.1, 0.15) is 0 Å². The van der Waals surface area contributed by atoms with Gasteiger partial charge < -0.3 is 5.11 Å². The Hall–Kier alpha value is -1.06. The van der Waals surface area contributed by atoms with Crippen molar-refractivity contribution in [3.63, 3.8) is 0 Å². The van der Waals surface area contributed by atoms with Gasteiger partial charge in [-0.3, -0.25) is 9.69 Å². The molecule has 19 heavy (non-hydrogen) atoms. The number of carbonyl (C=O) groups is 1. The van der Waals surface area contributed by atoms with Gasteiger partial charge in [-0.1, -0.05) is 29.8 Å². The Labute approximate surface area is 120 Å². The van der Waals surface area contributed by atoms with Crippen molar-refractivity contribution in [2.24, 2.45) is 0 Å². The van der Waals surface area contributed by atoms with Crippen LogP contribution in [-0.2, 0) is 4.79 Å². The molecule has 1 rings (SSSR count). The lowest BCUT2D eigenvalue weighted by atomic mass is 9.98. The maximum absolute atomic E-state index is 10.8. The number of nitrogens with zero attached hydrogens (tertiary/aromatic N) is 1. The van der Waals surface area contributed by atoms with Crippen molar-refractivity contribution in [2.75, 3.05) is 6.54 Å². The van der Waals surface area contributed by atoms with E-state index >= 15 is 0 Å². The summed E-state index contributed by atoms with van der Waals surface area (Å²) in [7, 11) is 0. The molecule has 0 heterocycles. The first-order chi connectivity index (χ1) is 8.73. The SMILES string of the molecule is CC(c1ccccc1Cl)N(CCC(=O)O)C(C)(C)C. The molecule has 1 aromatic rings. The van der Waals surface area contributed by atoms with E-state index in [9.17, 15) is 4.79 Å². The number of benzene rings is 1. The van der Waals surface area contributed by atoms with E-state index in [0.717, 1.165) is 10.6 Å². The molecule has 0 aliphatic rings. The Morgan fingerprint density at radius 1 is 1.37 bits per heavy atom. The predicted molar refractivity (Wildman–Crippen MR) is 78.6 cm³/mol. The average molecular weight is 284 g/mol. The lowest BCUT2D eigenvalue weighted by Crippen LogP contribution is -2.44. The fraction of sp³-hybridized carbons (Fsp3) is 0.533. The first kappa shape index (κ1) is 16.0. The summed E-state index contributed by atoms with van der Waals surface area (Å²) in [5.41, 5.74) is 0.915. The van der Waals surface area contributed by atoms with E-state index in [4.69, 9.17) is 16.7 Å². The first-order valence-electron chi connectivity index (χ1n) is 6.46. The van der Waals surface area contributed by atoms with Gasteiger partial charge in [0.2, 0.25) is 0 Å². The van der Waals surface area contributed by atoms with E-state index in [-0.39, 0.29) is 18.0 Å². The van der Waals surface area contributed by atoms with Crippen LogP contribution in [0.15, 0.2) is 24.3 Å². The molecule has 0 amide bonds. The van der Waals surface area contributed by atoms with Crippen LogP contribution in [0.5, 0.6) is 0 Å². The maximum atomic E-state index is 10.8. The molecule has 0 aliphatic heterocycles. The van der Waals surface area contributed by atoms with Crippen molar-refractivity contribution in [3.05, 3.63) is 34.9 Å². The van der Waals surface area contributed by atoms with Crippen LogP contribution in [0.1, 0.15) is 45.7 Å². The van der Waals surface area contributed by atoms with Gasteiger partial charge in [0.25, 0.3) is 0 Å². The predicted octanol–water partition coefficient (Wildman–Crippen LogP) is 3.98. The summed E-state index contributed by atoms with van der Waals surface area (Å²) in [5.74, 6) is -0.777. The second-order valence-corrected chi connectivity index (χ2v) is 6.11. The van der Waals surface area contributed by atoms with Gasteiger partial charge in [-0.2, -0.15) is 0 Å². The zero-order valence-corrected chi connectivity index (χ0v) is 12.7. The van der Waals surface area contributed by atoms with E-state index in [1.54, 1.807) is 0 Å². The summed E-state index contributed by atoms with van der Waals surface area (Å²) in [6.07, 6.45) is 0.131. The van der Waals surface area contributed by atoms with Crippen LogP contribution in [0.25, 0.3) is 0 Å². The second kappa shape index (κ2) is 6.40. The van der Waals surface area contributed by atoms with E-state index in [2.05, 4.69) is 32.6 Å². The van der Waals surface area contributed by atoms with Gasteiger partial charge in [0, 0.05) is 23.1 Å². The molecule has 3 nitrogen and oxygen atoms in total. The highest BCUT2D eigenvalue weighted by atomic mass is 35.5. The van der Waals surface area contributed by atoms with E-state index in [0.29, 0.717) is 6.54 Å². The molecule has 0 aromatic heterocycles. The molecule has 106 valence electrons. The maximum Gasteiger partial charge on any atom is 0.304 e. The van der Waals surface area contributed by atoms with Crippen LogP contribution in [0.4, 0.5) is 0 Å². The number of rotatable bonds is 5. The van der Waals surface area contributed by atoms with Crippen LogP contribution in [0.2, 0.25) is 5.02 Å². The normalized spacial score (nSPS) is 13.6. The number of hydrogen-bond donors (Lipinski definition) is 1. The molecular weight excluding hydrogens is 262 g/mol. The highest BCUT2D eigenvalue weighted by Gasteiger charge is 2.28. The number of carboxylic acid groups (broad SMARTS) is 1. The Kier molecular flexibility index (Phi) is 5.39. The molecule has 0 saturated carbocycles. The van der Waals surface area contributed by atoms with E-state index in [1.807, 2.05) is 24.3 Å². The molecule has 0 bridgehead atoms. The fourth-order valence-electron chi connectivity index (χ4n) is 2.31. The van der Waals surface area contributed by atoms with Gasteiger partial charge in [-0.15, -0.1) is 0 Å². The van der Waals surface area contributed by atoms with Crippen LogP contribution in [-0.4, -0.2) is 28.1 Å². The molecule has 0 radical (unpaired) electrons. The lowest BCUT2D eigenvalue weighted by Gasteiger charge is -2.40. The van der Waals surface area contributed by atoms with Crippen molar-refractivity contribution in [1.29, 1.82) is 0 Å². The van der Waals surface area contributed by atoms with Gasteiger partial charge in [-0.25, -0.2) is 0 Å². The summed E-state index contributed by atoms with van der Waals surface area (Å²) in [6.45, 7) is 8.83. The van der Waals surface area contributed by atoms with E-state index < -0.39 is 5.97 Å². The quantitative estimate of drug-likeness (QED) is 0.889. The summed E-state index contributed by atoms with van der Waals surface area (Å²) in [4.78, 5) is 13.0. The Morgan fingerprint density at radius 3 is 2.42 bits per heavy atom. The van der Waals surface area contributed by atoms with Crippen molar-refractivity contribution < 1.29 is 9.90 Å². The summed E-state index contributed by atoms with van der Waals surface area (Å²) in [5, 5.41) is 9.60. The van der Waals surface area contributed by atoms with E-state index in [1.165, 1.54) is 0 Å². The number of carboxylic acids is 1. The summed E-state index contributed by atoms with van der Waals surface area (Å²) < 4.78 is 0. The number of halogens is 1. The molecule has 1 aromatic carbocycles. The second-order valence-electron chi connectivity index (χ2n) is 5.71. The van der Waals surface area contributed by atoms with Crippen LogP contribution in [0.3, 0.4) is 0 Å². The lowest BCUT2D eigenvalue weighted by molar-refractivity contribution is -0.137. The fourth-order valence-corrected chi connectivity index (χ4v) is 2.60. The summed E-state index contributed by atoms with van der Waals surface area (Å²) in [6, 6.07) is 7.79. The molecule has 0 fully saturated rings. The zero-order valence-electron chi connectivity index (χ0n) is 12.0. The van der Waals surface area contributed by atoms with Gasteiger partial charge in [-0.05, 0) is 39.3 Å². The third-order valence-electron chi connectivity index (χ3n) is 3.25. The summed E-state index contributed by atoms with van der Waals surface area (Å²) >= 11 is 6.23. The monoisotopic (exact) mass is 283 g/mol. The van der Waals surface area contributed by atoms with Crippen molar-refractivity contribution >= 4 is 17.6 Å². The standard InChI is InChI=1S/C15H22ClNO2/c1-11(12-7-5-6-8-13(12)16)17(15(2,3)4)10-9-14(18)19/h5-8,11H,9-10H2,1-4H3,(H,18,19). The zero-order chi connectivity index (χ0) is 14.6. The van der Waals surface area contributed by atoms with Crippen LogP contribution < -0.4 is 0 Å². The Bertz CT molecular complexity index is 440. The number of hydrogen-bond acceptors (Lipinski definition) is 2. The molecule has 0 saturated heterocycles. The number of aliphatic carboxylic acids is 1. The molecule has 1 N–H and O–H groups in total. The smallest absolute Gasteiger partial charge is 0.304 e. The largest absolute Gasteiger partial charge is 0.481 e. The molecule has 0 aliphatic carbocycles. The Morgan fingerprint density at radius 2 is 1.95 bits per heavy atom. The van der Waals surface area contributed by atoms with Crippen molar-refractivity contribution in [3.8, 4) is 0 Å². The highest BCUT2D eigenvalue weighted by Crippen LogP contribution is 2.31. The molecular formula is C15H22ClNO2. The minimum atomic E-state index is -0.777. The third kappa shape index (κ3) is 4.51. The van der Waals surface area contributed by atoms with Crippen LogP contribution >= 0.6 is 11.6 Å². The topological polar surface area (TPSA) is 40.5 Å². The Balaban J connectivity index is 2.98. The van der Waals surface area contributed by atoms with Gasteiger partial charge in [0.05, 0.1) is 6.42 Å². The van der Waals surface area contributed by atoms with Crippen molar-refractivity contribution in [2.45, 2.75) is 45.7 Å². The first-order valence-corrected chi connectivity index (χ1v) is 6.84. The minimum Gasteiger partial charge on any atom is -0.481 e. The minimum absolute atomic E-state index is 0.0769. The van der Waals surface area contributed by atoms with Crippen LogP contribution in [0, 0.1) is 0 Å². The third-order valence-corrected chi connectivity index (χ3v) is 3.60.